The predicted molar refractivity (Wildman–Crippen MR) is 68.4 cm³/mol. The zero-order valence-electron chi connectivity index (χ0n) is 9.98. The molecule has 0 unspecified atom stereocenters. The number of hydrogen-bond acceptors (Lipinski definition) is 2. The summed E-state index contributed by atoms with van der Waals surface area (Å²) in [4.78, 5) is 4.40. The van der Waals surface area contributed by atoms with Crippen molar-refractivity contribution in [1.29, 1.82) is 0 Å². The van der Waals surface area contributed by atoms with E-state index in [1.165, 1.54) is 6.07 Å². The van der Waals surface area contributed by atoms with Crippen molar-refractivity contribution >= 4 is 5.52 Å². The molecule has 0 aliphatic carbocycles. The molecule has 3 nitrogen and oxygen atoms in total. The first-order valence-electron chi connectivity index (χ1n) is 5.82. The maximum absolute atomic E-state index is 13.3. The topological polar surface area (TPSA) is 43.3 Å². The molecule has 0 aliphatic rings. The Bertz CT molecular complexity index is 750. The van der Waals surface area contributed by atoms with Gasteiger partial charge in [-0.05, 0) is 30.3 Å². The van der Waals surface area contributed by atoms with Gasteiger partial charge in [0, 0.05) is 18.3 Å². The van der Waals surface area contributed by atoms with Crippen LogP contribution in [0.2, 0.25) is 0 Å². The van der Waals surface area contributed by atoms with Crippen molar-refractivity contribution in [3.63, 3.8) is 0 Å². The second-order valence-electron chi connectivity index (χ2n) is 4.17. The number of pyridine rings is 1. The van der Waals surface area contributed by atoms with Crippen LogP contribution >= 0.6 is 0 Å². The second-order valence-corrected chi connectivity index (χ2v) is 4.17. The van der Waals surface area contributed by atoms with E-state index < -0.39 is 11.6 Å². The number of halogens is 2. The van der Waals surface area contributed by atoms with Crippen molar-refractivity contribution < 1.29 is 8.78 Å². The van der Waals surface area contributed by atoms with Crippen molar-refractivity contribution in [3.8, 4) is 11.4 Å². The van der Waals surface area contributed by atoms with E-state index in [9.17, 15) is 8.78 Å². The fourth-order valence-corrected chi connectivity index (χ4v) is 2.09. The maximum Gasteiger partial charge on any atom is 0.159 e. The lowest BCUT2D eigenvalue weighted by Crippen LogP contribution is -1.96. The summed E-state index contributed by atoms with van der Waals surface area (Å²) in [6.07, 6.45) is 1.82. The number of fused-ring (bicyclic) bond motifs is 1. The van der Waals surface area contributed by atoms with Gasteiger partial charge in [0.15, 0.2) is 11.6 Å². The molecule has 2 heterocycles. The molecule has 0 spiro atoms. The predicted octanol–water partition coefficient (Wildman–Crippen LogP) is 2.74. The molecule has 0 fully saturated rings. The molecule has 0 aliphatic heterocycles. The quantitative estimate of drug-likeness (QED) is 0.769. The summed E-state index contributed by atoms with van der Waals surface area (Å²) in [5.74, 6) is -1.21. The lowest BCUT2D eigenvalue weighted by molar-refractivity contribution is 0.509. The first-order valence-corrected chi connectivity index (χ1v) is 5.82. The highest BCUT2D eigenvalue weighted by molar-refractivity contribution is 5.65. The molecule has 19 heavy (non-hydrogen) atoms. The molecule has 1 aromatic carbocycles. The summed E-state index contributed by atoms with van der Waals surface area (Å²) in [6.45, 7) is 0.289. The van der Waals surface area contributed by atoms with Gasteiger partial charge in [0.2, 0.25) is 0 Å². The van der Waals surface area contributed by atoms with Crippen LogP contribution in [0.4, 0.5) is 8.78 Å². The number of nitrogens with zero attached hydrogens (tertiary/aromatic N) is 2. The molecule has 2 aromatic heterocycles. The Morgan fingerprint density at radius 2 is 1.95 bits per heavy atom. The summed E-state index contributed by atoms with van der Waals surface area (Å²) in [5, 5.41) is 0. The van der Waals surface area contributed by atoms with E-state index in [2.05, 4.69) is 4.98 Å². The van der Waals surface area contributed by atoms with Crippen LogP contribution in [-0.2, 0) is 6.54 Å². The molecule has 0 atom stereocenters. The van der Waals surface area contributed by atoms with Crippen LogP contribution in [-0.4, -0.2) is 9.38 Å². The van der Waals surface area contributed by atoms with Gasteiger partial charge in [-0.25, -0.2) is 13.8 Å². The van der Waals surface area contributed by atoms with E-state index in [0.29, 0.717) is 11.4 Å². The SMILES string of the molecule is NCc1nc(-c2ccc(F)c(F)c2)n2ccccc12. The fourth-order valence-electron chi connectivity index (χ4n) is 2.09. The first-order chi connectivity index (χ1) is 9.20. The lowest BCUT2D eigenvalue weighted by Gasteiger charge is -2.01. The van der Waals surface area contributed by atoms with Crippen LogP contribution in [0, 0.1) is 11.6 Å². The zero-order valence-corrected chi connectivity index (χ0v) is 9.98. The molecule has 0 saturated heterocycles. The third-order valence-electron chi connectivity index (χ3n) is 3.00. The number of imidazole rings is 1. The highest BCUT2D eigenvalue weighted by Crippen LogP contribution is 2.24. The zero-order chi connectivity index (χ0) is 13.4. The van der Waals surface area contributed by atoms with Crippen LogP contribution in [0.1, 0.15) is 5.69 Å². The van der Waals surface area contributed by atoms with Crippen LogP contribution in [0.15, 0.2) is 42.6 Å². The van der Waals surface area contributed by atoms with E-state index in [-0.39, 0.29) is 6.54 Å². The lowest BCUT2D eigenvalue weighted by atomic mass is 10.2. The largest absolute Gasteiger partial charge is 0.325 e. The van der Waals surface area contributed by atoms with Gasteiger partial charge in [0.05, 0.1) is 11.2 Å². The summed E-state index contributed by atoms with van der Waals surface area (Å²) in [7, 11) is 0. The molecular weight excluding hydrogens is 248 g/mol. The average Bonchev–Trinajstić information content (AvgIpc) is 2.81. The molecule has 3 aromatic rings. The van der Waals surface area contributed by atoms with Crippen molar-refractivity contribution in [2.75, 3.05) is 0 Å². The van der Waals surface area contributed by atoms with Crippen molar-refractivity contribution in [1.82, 2.24) is 9.38 Å². The Kier molecular flexibility index (Phi) is 2.76. The first kappa shape index (κ1) is 11.8. The summed E-state index contributed by atoms with van der Waals surface area (Å²) in [5.41, 5.74) is 7.75. The van der Waals surface area contributed by atoms with E-state index in [0.717, 1.165) is 23.3 Å². The van der Waals surface area contributed by atoms with Gasteiger partial charge < -0.3 is 5.73 Å². The fraction of sp³-hybridized carbons (Fsp3) is 0.0714. The van der Waals surface area contributed by atoms with Crippen LogP contribution in [0.25, 0.3) is 16.9 Å². The van der Waals surface area contributed by atoms with Gasteiger partial charge in [0.25, 0.3) is 0 Å². The highest BCUT2D eigenvalue weighted by atomic mass is 19.2. The van der Waals surface area contributed by atoms with Gasteiger partial charge in [0.1, 0.15) is 5.82 Å². The van der Waals surface area contributed by atoms with Crippen molar-refractivity contribution in [3.05, 3.63) is 59.9 Å². The number of hydrogen-bond donors (Lipinski definition) is 1. The third-order valence-corrected chi connectivity index (χ3v) is 3.00. The minimum absolute atomic E-state index is 0.289. The Hall–Kier alpha value is -2.27. The Balaban J connectivity index is 2.27. The van der Waals surface area contributed by atoms with Gasteiger partial charge in [-0.15, -0.1) is 0 Å². The highest BCUT2D eigenvalue weighted by Gasteiger charge is 2.12. The van der Waals surface area contributed by atoms with Crippen LogP contribution < -0.4 is 5.73 Å². The molecule has 0 saturated carbocycles. The Morgan fingerprint density at radius 3 is 2.68 bits per heavy atom. The van der Waals surface area contributed by atoms with Gasteiger partial charge in [-0.2, -0.15) is 0 Å². The summed E-state index contributed by atoms with van der Waals surface area (Å²) >= 11 is 0. The molecule has 0 bridgehead atoms. The van der Waals surface area contributed by atoms with E-state index >= 15 is 0 Å². The molecule has 0 radical (unpaired) electrons. The molecule has 96 valence electrons. The van der Waals surface area contributed by atoms with Gasteiger partial charge >= 0.3 is 0 Å². The number of aromatic nitrogens is 2. The second kappa shape index (κ2) is 4.44. The minimum atomic E-state index is -0.889. The van der Waals surface area contributed by atoms with Crippen LogP contribution in [0.5, 0.6) is 0 Å². The Morgan fingerprint density at radius 1 is 1.11 bits per heavy atom. The van der Waals surface area contributed by atoms with Crippen molar-refractivity contribution in [2.45, 2.75) is 6.54 Å². The monoisotopic (exact) mass is 259 g/mol. The van der Waals surface area contributed by atoms with Crippen LogP contribution in [0.3, 0.4) is 0 Å². The minimum Gasteiger partial charge on any atom is -0.325 e. The molecule has 2 N–H and O–H groups in total. The average molecular weight is 259 g/mol. The van der Waals surface area contributed by atoms with Gasteiger partial charge in [-0.1, -0.05) is 6.07 Å². The molecule has 0 amide bonds. The summed E-state index contributed by atoms with van der Waals surface area (Å²) in [6, 6.07) is 9.34. The number of rotatable bonds is 2. The van der Waals surface area contributed by atoms with Crippen molar-refractivity contribution in [2.24, 2.45) is 5.73 Å². The molecule has 3 rings (SSSR count). The maximum atomic E-state index is 13.3. The molecule has 5 heteroatoms. The normalized spacial score (nSPS) is 11.1. The standard InChI is InChI=1S/C14H11F2N3/c15-10-5-4-9(7-11(10)16)14-18-12(8-17)13-3-1-2-6-19(13)14/h1-7H,8,17H2. The number of nitrogens with two attached hydrogens (primary N) is 1. The third kappa shape index (κ3) is 1.88. The molecular formula is C14H11F2N3. The van der Waals surface area contributed by atoms with E-state index in [1.807, 2.05) is 28.8 Å². The smallest absolute Gasteiger partial charge is 0.159 e. The van der Waals surface area contributed by atoms with E-state index in [4.69, 9.17) is 5.73 Å². The van der Waals surface area contributed by atoms with E-state index in [1.54, 1.807) is 0 Å². The Labute approximate surface area is 108 Å². The van der Waals surface area contributed by atoms with Gasteiger partial charge in [-0.3, -0.25) is 4.40 Å². The number of benzene rings is 1. The summed E-state index contributed by atoms with van der Waals surface area (Å²) < 4.78 is 28.1.